The molecule has 0 bridgehead atoms. The number of imide groups is 2. The Morgan fingerprint density at radius 1 is 0.839 bits per heavy atom. The number of halogens is 1. The highest BCUT2D eigenvalue weighted by molar-refractivity contribution is 6.30. The van der Waals surface area contributed by atoms with Crippen LogP contribution in [-0.4, -0.2) is 46.6 Å². The van der Waals surface area contributed by atoms with Gasteiger partial charge in [0.1, 0.15) is 5.54 Å². The lowest BCUT2D eigenvalue weighted by Gasteiger charge is -2.26. The van der Waals surface area contributed by atoms with E-state index in [1.807, 2.05) is 6.92 Å². The van der Waals surface area contributed by atoms with Gasteiger partial charge in [0.15, 0.2) is 0 Å². The van der Waals surface area contributed by atoms with E-state index in [2.05, 4.69) is 5.32 Å². The second-order valence-corrected chi connectivity index (χ2v) is 8.10. The van der Waals surface area contributed by atoms with Gasteiger partial charge in [0.2, 0.25) is 0 Å². The number of carbonyl (C=O) groups excluding carboxylic acids is 4. The van der Waals surface area contributed by atoms with E-state index in [1.54, 1.807) is 48.5 Å². The third kappa shape index (κ3) is 3.49. The number of nitrogens with zero attached hydrogens (tertiary/aromatic N) is 2. The van der Waals surface area contributed by atoms with E-state index in [9.17, 15) is 19.2 Å². The smallest absolute Gasteiger partial charge is 0.319 e. The van der Waals surface area contributed by atoms with Gasteiger partial charge >= 0.3 is 6.03 Å². The molecular weight excluding hydrogens is 418 g/mol. The minimum atomic E-state index is -1.11. The number of carbonyl (C=O) groups is 4. The van der Waals surface area contributed by atoms with Crippen molar-refractivity contribution in [1.82, 2.24) is 15.1 Å². The molecule has 1 atom stereocenters. The van der Waals surface area contributed by atoms with Crippen LogP contribution in [0.15, 0.2) is 48.5 Å². The van der Waals surface area contributed by atoms with Gasteiger partial charge in [-0.2, -0.15) is 0 Å². The van der Waals surface area contributed by atoms with Crippen molar-refractivity contribution < 1.29 is 19.2 Å². The Morgan fingerprint density at radius 3 is 1.94 bits per heavy atom. The molecule has 2 aromatic carbocycles. The Bertz CT molecular complexity index is 1030. The maximum atomic E-state index is 13.1. The van der Waals surface area contributed by atoms with Gasteiger partial charge in [0.25, 0.3) is 17.7 Å². The molecule has 1 N–H and O–H groups in total. The summed E-state index contributed by atoms with van der Waals surface area (Å²) in [6.07, 6.45) is 1.38. The summed E-state index contributed by atoms with van der Waals surface area (Å²) in [4.78, 5) is 53.0. The molecule has 2 heterocycles. The van der Waals surface area contributed by atoms with Crippen LogP contribution in [-0.2, 0) is 10.3 Å². The fourth-order valence-electron chi connectivity index (χ4n) is 4.19. The van der Waals surface area contributed by atoms with Gasteiger partial charge in [-0.05, 0) is 49.1 Å². The van der Waals surface area contributed by atoms with E-state index in [0.29, 0.717) is 41.0 Å². The topological polar surface area (TPSA) is 86.8 Å². The van der Waals surface area contributed by atoms with Gasteiger partial charge in [-0.1, -0.05) is 42.8 Å². The predicted molar refractivity (Wildman–Crippen MR) is 115 cm³/mol. The van der Waals surface area contributed by atoms with Crippen LogP contribution in [0.2, 0.25) is 5.02 Å². The quantitative estimate of drug-likeness (QED) is 0.406. The molecular formula is C23H22ClN3O4. The summed E-state index contributed by atoms with van der Waals surface area (Å²) in [7, 11) is 0. The zero-order chi connectivity index (χ0) is 22.2. The molecule has 8 heteroatoms. The number of hydrogen-bond acceptors (Lipinski definition) is 4. The molecule has 0 saturated carbocycles. The Labute approximate surface area is 185 Å². The first-order valence-electron chi connectivity index (χ1n) is 10.2. The Hall–Kier alpha value is -3.19. The summed E-state index contributed by atoms with van der Waals surface area (Å²) in [5, 5.41) is 3.39. The first-order valence-corrected chi connectivity index (χ1v) is 10.6. The Kier molecular flexibility index (Phi) is 5.54. The fraction of sp³-hybridized carbons (Fsp3) is 0.304. The maximum absolute atomic E-state index is 13.1. The van der Waals surface area contributed by atoms with Crippen LogP contribution in [0.1, 0.15) is 52.5 Å². The van der Waals surface area contributed by atoms with Crippen molar-refractivity contribution in [3.05, 3.63) is 70.2 Å². The Morgan fingerprint density at radius 2 is 1.39 bits per heavy atom. The van der Waals surface area contributed by atoms with Gasteiger partial charge in [0, 0.05) is 18.1 Å². The zero-order valence-corrected chi connectivity index (χ0v) is 17.8. The molecule has 1 fully saturated rings. The van der Waals surface area contributed by atoms with Crippen LogP contribution in [0, 0.1) is 0 Å². The van der Waals surface area contributed by atoms with Crippen molar-refractivity contribution in [1.29, 1.82) is 0 Å². The highest BCUT2D eigenvalue weighted by Crippen LogP contribution is 2.33. The minimum absolute atomic E-state index is 0.211. The first kappa shape index (κ1) is 21.1. The summed E-state index contributed by atoms with van der Waals surface area (Å²) >= 11 is 5.95. The fourth-order valence-corrected chi connectivity index (χ4v) is 4.31. The van der Waals surface area contributed by atoms with Gasteiger partial charge in [-0.15, -0.1) is 0 Å². The lowest BCUT2D eigenvalue weighted by atomic mass is 9.87. The van der Waals surface area contributed by atoms with Crippen molar-refractivity contribution in [2.45, 2.75) is 31.7 Å². The third-order valence-electron chi connectivity index (χ3n) is 5.93. The highest BCUT2D eigenvalue weighted by atomic mass is 35.5. The second kappa shape index (κ2) is 8.15. The summed E-state index contributed by atoms with van der Waals surface area (Å²) in [5.74, 6) is -0.908. The second-order valence-electron chi connectivity index (χ2n) is 7.67. The first-order chi connectivity index (χ1) is 14.9. The van der Waals surface area contributed by atoms with Crippen LogP contribution in [0.25, 0.3) is 0 Å². The van der Waals surface area contributed by atoms with Crippen molar-refractivity contribution >= 4 is 35.4 Å². The van der Waals surface area contributed by atoms with Crippen LogP contribution >= 0.6 is 11.6 Å². The Balaban J connectivity index is 1.38. The molecule has 5 amide bonds. The van der Waals surface area contributed by atoms with Crippen molar-refractivity contribution in [3.63, 3.8) is 0 Å². The van der Waals surface area contributed by atoms with E-state index in [4.69, 9.17) is 11.6 Å². The third-order valence-corrected chi connectivity index (χ3v) is 6.19. The number of nitrogens with one attached hydrogen (secondary N) is 1. The van der Waals surface area contributed by atoms with Gasteiger partial charge < -0.3 is 5.32 Å². The number of amides is 5. The van der Waals surface area contributed by atoms with E-state index in [1.165, 1.54) is 9.80 Å². The molecule has 2 aromatic rings. The van der Waals surface area contributed by atoms with Crippen LogP contribution < -0.4 is 5.32 Å². The number of fused-ring (bicyclic) bond motifs is 1. The molecule has 0 spiro atoms. The molecule has 7 nitrogen and oxygen atoms in total. The summed E-state index contributed by atoms with van der Waals surface area (Å²) in [6, 6.07) is 13.2. The number of urea groups is 1. The average Bonchev–Trinajstić information content (AvgIpc) is 3.17. The highest BCUT2D eigenvalue weighted by Gasteiger charge is 2.50. The van der Waals surface area contributed by atoms with E-state index < -0.39 is 11.6 Å². The number of rotatable bonds is 7. The lowest BCUT2D eigenvalue weighted by molar-refractivity contribution is -0.131. The minimum Gasteiger partial charge on any atom is -0.319 e. The van der Waals surface area contributed by atoms with Gasteiger partial charge in [0.05, 0.1) is 11.1 Å². The monoisotopic (exact) mass is 439 g/mol. The molecule has 31 heavy (non-hydrogen) atoms. The number of benzene rings is 2. The molecule has 0 aromatic heterocycles. The number of unbranched alkanes of at least 4 members (excludes halogenated alkanes) is 1. The summed E-state index contributed by atoms with van der Waals surface area (Å²) < 4.78 is 0. The average molecular weight is 440 g/mol. The maximum Gasteiger partial charge on any atom is 0.325 e. The van der Waals surface area contributed by atoms with Crippen LogP contribution in [0.3, 0.4) is 0 Å². The number of hydrogen-bond donors (Lipinski definition) is 1. The zero-order valence-electron chi connectivity index (χ0n) is 17.1. The SMILES string of the molecule is CC[C@@]1(c2ccc(Cl)cc2)NC(=O)N(CCCCN2C(=O)c3ccccc3C2=O)C1=O. The summed E-state index contributed by atoms with van der Waals surface area (Å²) in [6.45, 7) is 2.30. The summed E-state index contributed by atoms with van der Waals surface area (Å²) in [5.41, 5.74) is 0.408. The largest absolute Gasteiger partial charge is 0.325 e. The lowest BCUT2D eigenvalue weighted by Crippen LogP contribution is -2.43. The van der Waals surface area contributed by atoms with Gasteiger partial charge in [-0.25, -0.2) is 4.79 Å². The van der Waals surface area contributed by atoms with Crippen LogP contribution in [0.4, 0.5) is 4.79 Å². The van der Waals surface area contributed by atoms with Crippen molar-refractivity contribution in [2.75, 3.05) is 13.1 Å². The van der Waals surface area contributed by atoms with E-state index in [0.717, 1.165) is 0 Å². The molecule has 0 radical (unpaired) electrons. The van der Waals surface area contributed by atoms with Crippen molar-refractivity contribution in [2.24, 2.45) is 0 Å². The molecule has 0 aliphatic carbocycles. The molecule has 0 unspecified atom stereocenters. The standard InChI is InChI=1S/C23H22ClN3O4/c1-2-23(15-9-11-16(24)12-10-15)21(30)27(22(31)25-23)14-6-5-13-26-19(28)17-7-3-4-8-18(17)20(26)29/h3-4,7-12H,2,5-6,13-14H2,1H3,(H,25,31)/t23-/m0/s1. The normalized spacial score (nSPS) is 20.5. The van der Waals surface area contributed by atoms with E-state index >= 15 is 0 Å². The van der Waals surface area contributed by atoms with Crippen molar-refractivity contribution in [3.8, 4) is 0 Å². The molecule has 160 valence electrons. The molecule has 2 aliphatic rings. The molecule has 1 saturated heterocycles. The predicted octanol–water partition coefficient (Wildman–Crippen LogP) is 3.57. The molecule has 4 rings (SSSR count). The van der Waals surface area contributed by atoms with E-state index in [-0.39, 0.29) is 30.8 Å². The molecule has 2 aliphatic heterocycles. The van der Waals surface area contributed by atoms with Crippen LogP contribution in [0.5, 0.6) is 0 Å². The van der Waals surface area contributed by atoms with Gasteiger partial charge in [-0.3, -0.25) is 24.2 Å².